The smallest absolute Gasteiger partial charge is 0.337 e. The third-order valence-electron chi connectivity index (χ3n) is 6.07. The lowest BCUT2D eigenvalue weighted by molar-refractivity contribution is -0.112. The summed E-state index contributed by atoms with van der Waals surface area (Å²) < 4.78 is 16.3. The minimum Gasteiger partial charge on any atom is -0.493 e. The third kappa shape index (κ3) is 5.82. The monoisotopic (exact) mass is 506 g/mol. The van der Waals surface area contributed by atoms with Crippen LogP contribution in [0.5, 0.6) is 11.5 Å². The average molecular weight is 507 g/mol. The Hall–Kier alpha value is -5.09. The Kier molecular flexibility index (Phi) is 8.04. The summed E-state index contributed by atoms with van der Waals surface area (Å²) in [6.45, 7) is 2.41. The quantitative estimate of drug-likeness (QED) is 0.177. The van der Waals surface area contributed by atoms with Crippen LogP contribution in [0, 0.1) is 18.3 Å². The number of carbonyl (C=O) groups excluding carboxylic acids is 2. The number of benzene rings is 4. The van der Waals surface area contributed by atoms with Crippen LogP contribution in [0.15, 0.2) is 84.4 Å². The van der Waals surface area contributed by atoms with E-state index in [-0.39, 0.29) is 5.57 Å². The highest BCUT2D eigenvalue weighted by Crippen LogP contribution is 2.31. The molecule has 0 aliphatic heterocycles. The number of aryl methyl sites for hydroxylation is 1. The van der Waals surface area contributed by atoms with Crippen LogP contribution >= 0.6 is 0 Å². The fourth-order valence-corrected chi connectivity index (χ4v) is 4.00. The molecule has 0 aliphatic carbocycles. The zero-order chi connectivity index (χ0) is 27.1. The van der Waals surface area contributed by atoms with Gasteiger partial charge in [-0.05, 0) is 71.3 Å². The van der Waals surface area contributed by atoms with Gasteiger partial charge in [-0.2, -0.15) is 5.26 Å². The van der Waals surface area contributed by atoms with Crippen molar-refractivity contribution in [1.82, 2.24) is 0 Å². The zero-order valence-corrected chi connectivity index (χ0v) is 21.3. The number of ether oxygens (including phenoxy) is 3. The van der Waals surface area contributed by atoms with Crippen molar-refractivity contribution in [3.05, 3.63) is 107 Å². The molecule has 0 spiro atoms. The van der Waals surface area contributed by atoms with E-state index < -0.39 is 11.9 Å². The van der Waals surface area contributed by atoms with Crippen LogP contribution in [-0.2, 0) is 16.1 Å². The van der Waals surface area contributed by atoms with E-state index in [0.29, 0.717) is 34.9 Å². The van der Waals surface area contributed by atoms with Crippen molar-refractivity contribution in [3.8, 4) is 17.6 Å². The van der Waals surface area contributed by atoms with Gasteiger partial charge in [-0.25, -0.2) is 4.79 Å². The van der Waals surface area contributed by atoms with Crippen molar-refractivity contribution in [2.45, 2.75) is 13.5 Å². The number of nitrogens with zero attached hydrogens (tertiary/aromatic N) is 1. The topological polar surface area (TPSA) is 97.7 Å². The lowest BCUT2D eigenvalue weighted by Gasteiger charge is -2.14. The molecule has 38 heavy (non-hydrogen) atoms. The maximum atomic E-state index is 12.7. The van der Waals surface area contributed by atoms with Crippen molar-refractivity contribution >= 4 is 34.4 Å². The van der Waals surface area contributed by atoms with E-state index in [1.165, 1.54) is 32.4 Å². The van der Waals surface area contributed by atoms with Gasteiger partial charge in [0.15, 0.2) is 11.5 Å². The van der Waals surface area contributed by atoms with Gasteiger partial charge in [0.25, 0.3) is 5.91 Å². The summed E-state index contributed by atoms with van der Waals surface area (Å²) in [4.78, 5) is 24.3. The Bertz CT molecular complexity index is 1570. The molecule has 0 heterocycles. The summed E-state index contributed by atoms with van der Waals surface area (Å²) in [6, 6.07) is 25.7. The second-order valence-electron chi connectivity index (χ2n) is 8.47. The third-order valence-corrected chi connectivity index (χ3v) is 6.07. The largest absolute Gasteiger partial charge is 0.493 e. The van der Waals surface area contributed by atoms with Gasteiger partial charge in [0.05, 0.1) is 19.8 Å². The molecular formula is C31H26N2O5. The normalized spacial score (nSPS) is 10.9. The summed E-state index contributed by atoms with van der Waals surface area (Å²) in [6.07, 6.45) is 1.47. The van der Waals surface area contributed by atoms with Crippen molar-refractivity contribution in [3.63, 3.8) is 0 Å². The molecule has 4 aromatic carbocycles. The number of esters is 1. The molecule has 0 aromatic heterocycles. The molecule has 4 aromatic rings. The number of methoxy groups -OCH3 is 2. The number of anilines is 1. The molecule has 0 aliphatic rings. The van der Waals surface area contributed by atoms with Crippen LogP contribution in [0.4, 0.5) is 5.69 Å². The van der Waals surface area contributed by atoms with E-state index in [1.54, 1.807) is 30.3 Å². The summed E-state index contributed by atoms with van der Waals surface area (Å²) >= 11 is 0. The number of rotatable bonds is 8. The van der Waals surface area contributed by atoms with Crippen LogP contribution in [0.25, 0.3) is 16.8 Å². The van der Waals surface area contributed by atoms with Crippen molar-refractivity contribution in [2.75, 3.05) is 19.5 Å². The Morgan fingerprint density at radius 2 is 1.71 bits per heavy atom. The predicted molar refractivity (Wildman–Crippen MR) is 146 cm³/mol. The summed E-state index contributed by atoms with van der Waals surface area (Å²) in [5.41, 5.74) is 3.52. The zero-order valence-electron chi connectivity index (χ0n) is 21.3. The highest BCUT2D eigenvalue weighted by molar-refractivity contribution is 6.09. The summed E-state index contributed by atoms with van der Waals surface area (Å²) in [5.74, 6) is -0.0310. The number of hydrogen-bond donors (Lipinski definition) is 1. The van der Waals surface area contributed by atoms with Crippen molar-refractivity contribution in [2.24, 2.45) is 0 Å². The highest BCUT2D eigenvalue weighted by atomic mass is 16.5. The van der Waals surface area contributed by atoms with Gasteiger partial charge in [0.2, 0.25) is 0 Å². The molecule has 1 amide bonds. The van der Waals surface area contributed by atoms with Gasteiger partial charge in [0, 0.05) is 11.3 Å². The summed E-state index contributed by atoms with van der Waals surface area (Å²) in [5, 5.41) is 14.5. The standard InChI is InChI=1S/C31H26N2O5/c1-20-8-10-22-6-4-5-7-26(22)27(20)19-38-28-15-9-21(17-29(28)36-2)16-24(18-32)30(34)33-25-13-11-23(12-14-25)31(35)37-3/h4-17H,19H2,1-3H3,(H,33,34)/b24-16+. The fraction of sp³-hybridized carbons (Fsp3) is 0.129. The molecule has 0 saturated heterocycles. The maximum absolute atomic E-state index is 12.7. The average Bonchev–Trinajstić information content (AvgIpc) is 2.95. The van der Waals surface area contributed by atoms with E-state index in [2.05, 4.69) is 41.2 Å². The van der Waals surface area contributed by atoms with Crippen LogP contribution in [0.1, 0.15) is 27.0 Å². The van der Waals surface area contributed by atoms with Gasteiger partial charge < -0.3 is 19.5 Å². The number of carbonyl (C=O) groups is 2. The number of nitriles is 1. The number of nitrogens with one attached hydrogen (secondary N) is 1. The molecule has 4 rings (SSSR count). The van der Waals surface area contributed by atoms with E-state index in [4.69, 9.17) is 9.47 Å². The molecule has 190 valence electrons. The fourth-order valence-electron chi connectivity index (χ4n) is 4.00. The van der Waals surface area contributed by atoms with Crippen LogP contribution < -0.4 is 14.8 Å². The minimum absolute atomic E-state index is 0.0934. The van der Waals surface area contributed by atoms with Gasteiger partial charge in [-0.1, -0.05) is 42.5 Å². The Morgan fingerprint density at radius 1 is 0.947 bits per heavy atom. The van der Waals surface area contributed by atoms with E-state index >= 15 is 0 Å². The SMILES string of the molecule is COC(=O)c1ccc(NC(=O)/C(C#N)=C/c2ccc(OCc3c(C)ccc4ccccc34)c(OC)c2)cc1. The lowest BCUT2D eigenvalue weighted by atomic mass is 10.0. The van der Waals surface area contributed by atoms with E-state index in [1.807, 2.05) is 18.2 Å². The Labute approximate surface area is 220 Å². The minimum atomic E-state index is -0.580. The number of hydrogen-bond acceptors (Lipinski definition) is 6. The van der Waals surface area contributed by atoms with Crippen molar-refractivity contribution < 1.29 is 23.8 Å². The van der Waals surface area contributed by atoms with Crippen molar-refractivity contribution in [1.29, 1.82) is 5.26 Å². The summed E-state index contributed by atoms with van der Waals surface area (Å²) in [7, 11) is 2.83. The van der Waals surface area contributed by atoms with Crippen LogP contribution in [0.3, 0.4) is 0 Å². The molecule has 7 nitrogen and oxygen atoms in total. The first-order chi connectivity index (χ1) is 18.4. The van der Waals surface area contributed by atoms with Crippen LogP contribution in [-0.4, -0.2) is 26.1 Å². The first kappa shape index (κ1) is 26.0. The van der Waals surface area contributed by atoms with E-state index in [0.717, 1.165) is 21.9 Å². The molecular weight excluding hydrogens is 480 g/mol. The van der Waals surface area contributed by atoms with Gasteiger partial charge in [-0.3, -0.25) is 4.79 Å². The molecule has 0 radical (unpaired) electrons. The maximum Gasteiger partial charge on any atom is 0.337 e. The molecule has 0 unspecified atom stereocenters. The highest BCUT2D eigenvalue weighted by Gasteiger charge is 2.13. The lowest BCUT2D eigenvalue weighted by Crippen LogP contribution is -2.13. The molecule has 0 saturated carbocycles. The molecule has 0 bridgehead atoms. The molecule has 1 N–H and O–H groups in total. The Morgan fingerprint density at radius 3 is 2.42 bits per heavy atom. The van der Waals surface area contributed by atoms with Gasteiger partial charge in [0.1, 0.15) is 18.2 Å². The van der Waals surface area contributed by atoms with Gasteiger partial charge in [-0.15, -0.1) is 0 Å². The van der Waals surface area contributed by atoms with E-state index in [9.17, 15) is 14.9 Å². The molecule has 0 fully saturated rings. The second kappa shape index (κ2) is 11.8. The first-order valence-electron chi connectivity index (χ1n) is 11.8. The molecule has 0 atom stereocenters. The molecule has 7 heteroatoms. The predicted octanol–water partition coefficient (Wildman–Crippen LogP) is 6.07. The first-order valence-corrected chi connectivity index (χ1v) is 11.8. The second-order valence-corrected chi connectivity index (χ2v) is 8.47. The number of amides is 1. The Balaban J connectivity index is 1.50. The number of fused-ring (bicyclic) bond motifs is 1. The van der Waals surface area contributed by atoms with Crippen LogP contribution in [0.2, 0.25) is 0 Å². The van der Waals surface area contributed by atoms with Gasteiger partial charge >= 0.3 is 5.97 Å².